The van der Waals surface area contributed by atoms with Crippen molar-refractivity contribution in [1.82, 2.24) is 15.0 Å². The summed E-state index contributed by atoms with van der Waals surface area (Å²) in [4.78, 5) is 10.7. The number of hydrogen-bond donors (Lipinski definition) is 3. The highest BCUT2D eigenvalue weighted by molar-refractivity contribution is 7.92. The van der Waals surface area contributed by atoms with Crippen LogP contribution in [0.4, 0.5) is 5.13 Å². The van der Waals surface area contributed by atoms with Crippen LogP contribution in [0.15, 0.2) is 16.6 Å². The van der Waals surface area contributed by atoms with Crippen LogP contribution < -0.4 is 4.72 Å². The number of nitrogens with one attached hydrogen (secondary N) is 2. The van der Waals surface area contributed by atoms with Gasteiger partial charge in [0.05, 0.1) is 18.0 Å². The van der Waals surface area contributed by atoms with Gasteiger partial charge in [-0.1, -0.05) is 6.92 Å². The minimum Gasteiger partial charge on any atom is -0.387 e. The van der Waals surface area contributed by atoms with E-state index >= 15 is 0 Å². The number of rotatable bonds is 5. The van der Waals surface area contributed by atoms with Crippen molar-refractivity contribution >= 4 is 26.5 Å². The number of aliphatic hydroxyl groups is 1. The molecular formula is C10H14N4O3S2. The van der Waals surface area contributed by atoms with Gasteiger partial charge in [0.2, 0.25) is 0 Å². The summed E-state index contributed by atoms with van der Waals surface area (Å²) >= 11 is 1.12. The minimum absolute atomic E-state index is 0.00172. The molecule has 2 aromatic heterocycles. The number of sulfonamides is 1. The molecule has 19 heavy (non-hydrogen) atoms. The van der Waals surface area contributed by atoms with Crippen molar-refractivity contribution in [2.45, 2.75) is 31.4 Å². The molecule has 2 rings (SSSR count). The van der Waals surface area contributed by atoms with E-state index in [0.29, 0.717) is 17.9 Å². The van der Waals surface area contributed by atoms with E-state index in [-0.39, 0.29) is 10.2 Å². The molecule has 0 radical (unpaired) electrons. The fraction of sp³-hybridized carbons (Fsp3) is 0.400. The zero-order valence-electron chi connectivity index (χ0n) is 10.4. The summed E-state index contributed by atoms with van der Waals surface area (Å²) in [6.45, 7) is 3.44. The van der Waals surface area contributed by atoms with E-state index in [0.717, 1.165) is 11.3 Å². The third-order valence-electron chi connectivity index (χ3n) is 2.40. The highest BCUT2D eigenvalue weighted by atomic mass is 32.2. The first-order valence-corrected chi connectivity index (χ1v) is 7.99. The molecular weight excluding hydrogens is 288 g/mol. The van der Waals surface area contributed by atoms with Crippen molar-refractivity contribution in [2.75, 3.05) is 4.72 Å². The summed E-state index contributed by atoms with van der Waals surface area (Å²) in [5, 5.41) is 11.2. The van der Waals surface area contributed by atoms with E-state index in [4.69, 9.17) is 0 Å². The van der Waals surface area contributed by atoms with Gasteiger partial charge in [-0.05, 0) is 6.92 Å². The van der Waals surface area contributed by atoms with Gasteiger partial charge in [0.25, 0.3) is 10.0 Å². The molecule has 0 bridgehead atoms. The number of aromatic nitrogens is 3. The van der Waals surface area contributed by atoms with Gasteiger partial charge in [0.1, 0.15) is 5.82 Å². The molecule has 104 valence electrons. The van der Waals surface area contributed by atoms with Crippen LogP contribution in [0, 0.1) is 0 Å². The van der Waals surface area contributed by atoms with Crippen LogP contribution in [0.2, 0.25) is 0 Å². The molecule has 0 fully saturated rings. The average Bonchev–Trinajstić information content (AvgIpc) is 2.96. The SMILES string of the molecule is CCc1ncc(S(=O)(=O)Nc2nc(C(C)O)cs2)[nH]1. The highest BCUT2D eigenvalue weighted by Gasteiger charge is 2.19. The maximum atomic E-state index is 12.0. The molecule has 0 aliphatic rings. The van der Waals surface area contributed by atoms with E-state index in [9.17, 15) is 13.5 Å². The van der Waals surface area contributed by atoms with Crippen LogP contribution in [-0.4, -0.2) is 28.5 Å². The molecule has 3 N–H and O–H groups in total. The quantitative estimate of drug-likeness (QED) is 0.771. The Morgan fingerprint density at radius 3 is 2.84 bits per heavy atom. The third kappa shape index (κ3) is 3.11. The zero-order valence-corrected chi connectivity index (χ0v) is 12.0. The Bertz CT molecular complexity index is 660. The van der Waals surface area contributed by atoms with Gasteiger partial charge in [-0.25, -0.2) is 9.97 Å². The maximum absolute atomic E-state index is 12.0. The van der Waals surface area contributed by atoms with Crippen LogP contribution >= 0.6 is 11.3 Å². The largest absolute Gasteiger partial charge is 0.387 e. The first-order chi connectivity index (χ1) is 8.92. The summed E-state index contributed by atoms with van der Waals surface area (Å²) in [6, 6.07) is 0. The number of hydrogen-bond acceptors (Lipinski definition) is 6. The van der Waals surface area contributed by atoms with Gasteiger partial charge in [-0.2, -0.15) is 8.42 Å². The zero-order chi connectivity index (χ0) is 14.0. The number of H-pyrrole nitrogens is 1. The van der Waals surface area contributed by atoms with E-state index in [1.54, 1.807) is 12.3 Å². The number of aliphatic hydroxyl groups excluding tert-OH is 1. The van der Waals surface area contributed by atoms with Crippen LogP contribution in [0.25, 0.3) is 0 Å². The summed E-state index contributed by atoms with van der Waals surface area (Å²) in [7, 11) is -3.72. The van der Waals surface area contributed by atoms with Gasteiger partial charge in [-0.3, -0.25) is 4.72 Å². The number of thiazole rings is 1. The first kappa shape index (κ1) is 14.0. The van der Waals surface area contributed by atoms with Crippen molar-refractivity contribution in [3.8, 4) is 0 Å². The Morgan fingerprint density at radius 2 is 2.32 bits per heavy atom. The lowest BCUT2D eigenvalue weighted by molar-refractivity contribution is 0.195. The van der Waals surface area contributed by atoms with E-state index in [1.807, 2.05) is 6.92 Å². The van der Waals surface area contributed by atoms with Crippen molar-refractivity contribution in [2.24, 2.45) is 0 Å². The molecule has 7 nitrogen and oxygen atoms in total. The molecule has 2 aromatic rings. The lowest BCUT2D eigenvalue weighted by Gasteiger charge is -2.02. The molecule has 0 saturated carbocycles. The van der Waals surface area contributed by atoms with E-state index < -0.39 is 16.1 Å². The second kappa shape index (κ2) is 5.27. The lowest BCUT2D eigenvalue weighted by atomic mass is 10.3. The van der Waals surface area contributed by atoms with Crippen LogP contribution in [0.3, 0.4) is 0 Å². The van der Waals surface area contributed by atoms with E-state index in [2.05, 4.69) is 19.7 Å². The Morgan fingerprint density at radius 1 is 1.58 bits per heavy atom. The first-order valence-electron chi connectivity index (χ1n) is 5.62. The van der Waals surface area contributed by atoms with Crippen molar-refractivity contribution in [3.05, 3.63) is 23.1 Å². The molecule has 0 aliphatic heterocycles. The summed E-state index contributed by atoms with van der Waals surface area (Å²) < 4.78 is 26.4. The smallest absolute Gasteiger partial charge is 0.280 e. The van der Waals surface area contributed by atoms with Crippen LogP contribution in [-0.2, 0) is 16.4 Å². The second-order valence-electron chi connectivity index (χ2n) is 3.91. The third-order valence-corrected chi connectivity index (χ3v) is 4.55. The average molecular weight is 302 g/mol. The molecule has 0 amide bonds. The highest BCUT2D eigenvalue weighted by Crippen LogP contribution is 2.22. The monoisotopic (exact) mass is 302 g/mol. The summed E-state index contributed by atoms with van der Waals surface area (Å²) in [5.74, 6) is 0.601. The molecule has 0 spiro atoms. The van der Waals surface area contributed by atoms with Crippen LogP contribution in [0.5, 0.6) is 0 Å². The summed E-state index contributed by atoms with van der Waals surface area (Å²) in [6.07, 6.45) is 1.16. The van der Waals surface area contributed by atoms with Crippen molar-refractivity contribution < 1.29 is 13.5 Å². The lowest BCUT2D eigenvalue weighted by Crippen LogP contribution is -2.13. The minimum atomic E-state index is -3.72. The number of imidazole rings is 1. The molecule has 0 aliphatic carbocycles. The van der Waals surface area contributed by atoms with Crippen molar-refractivity contribution in [1.29, 1.82) is 0 Å². The van der Waals surface area contributed by atoms with Gasteiger partial charge >= 0.3 is 0 Å². The van der Waals surface area contributed by atoms with E-state index in [1.165, 1.54) is 6.20 Å². The van der Waals surface area contributed by atoms with Crippen molar-refractivity contribution in [3.63, 3.8) is 0 Å². The normalized spacial score (nSPS) is 13.4. The number of aromatic amines is 1. The van der Waals surface area contributed by atoms with Crippen LogP contribution in [0.1, 0.15) is 31.5 Å². The molecule has 0 saturated heterocycles. The maximum Gasteiger partial charge on any atom is 0.280 e. The molecule has 0 aromatic carbocycles. The summed E-state index contributed by atoms with van der Waals surface area (Å²) in [5.41, 5.74) is 0.432. The Kier molecular flexibility index (Phi) is 3.88. The standard InChI is InChI=1S/C10H14N4O3S2/c1-3-8-11-4-9(13-8)19(16,17)14-10-12-7(5-18-10)6(2)15/h4-6,15H,3H2,1-2H3,(H,11,13)(H,12,14). The fourth-order valence-electron chi connectivity index (χ4n) is 1.35. The van der Waals surface area contributed by atoms with Gasteiger partial charge in [0.15, 0.2) is 10.2 Å². The Balaban J connectivity index is 2.20. The van der Waals surface area contributed by atoms with Gasteiger partial charge in [-0.15, -0.1) is 11.3 Å². The number of anilines is 1. The van der Waals surface area contributed by atoms with Gasteiger partial charge in [0, 0.05) is 11.8 Å². The molecule has 1 unspecified atom stereocenters. The molecule has 2 heterocycles. The fourth-order valence-corrected chi connectivity index (χ4v) is 3.35. The second-order valence-corrected chi connectivity index (χ2v) is 6.42. The number of nitrogens with zero attached hydrogens (tertiary/aromatic N) is 2. The molecule has 1 atom stereocenters. The molecule has 9 heteroatoms. The van der Waals surface area contributed by atoms with Gasteiger partial charge < -0.3 is 10.1 Å². The topological polar surface area (TPSA) is 108 Å². The Labute approximate surface area is 114 Å². The number of aryl methyl sites for hydroxylation is 1. The predicted octanol–water partition coefficient (Wildman–Crippen LogP) is 1.28. The Hall–Kier alpha value is -1.45. The predicted molar refractivity (Wildman–Crippen MR) is 71.5 cm³/mol.